The third-order valence-corrected chi connectivity index (χ3v) is 6.74. The van der Waals surface area contributed by atoms with E-state index < -0.39 is 0 Å². The van der Waals surface area contributed by atoms with Crippen LogP contribution in [0.4, 0.5) is 0 Å². The molecule has 0 N–H and O–H groups in total. The monoisotopic (exact) mass is 352 g/mol. The average Bonchev–Trinajstić information content (AvgIpc) is 3.18. The summed E-state index contributed by atoms with van der Waals surface area (Å²) in [5.41, 5.74) is 0.741. The number of carbonyl (C=O) groups is 1. The predicted molar refractivity (Wildman–Crippen MR) is 90.2 cm³/mol. The Hall–Kier alpha value is -1.05. The highest BCUT2D eigenvalue weighted by Gasteiger charge is 2.51. The maximum absolute atomic E-state index is 12.3. The maximum Gasteiger partial charge on any atom is 0.292 e. The second kappa shape index (κ2) is 6.69. The molecule has 0 bridgehead atoms. The summed E-state index contributed by atoms with van der Waals surface area (Å²) in [6, 6.07) is 1.70. The Kier molecular flexibility index (Phi) is 4.58. The molecule has 1 spiro atoms. The van der Waals surface area contributed by atoms with Crippen molar-refractivity contribution in [2.45, 2.75) is 37.0 Å². The Morgan fingerprint density at radius 2 is 2.25 bits per heavy atom. The van der Waals surface area contributed by atoms with Crippen molar-refractivity contribution in [3.8, 4) is 0 Å². The van der Waals surface area contributed by atoms with Crippen LogP contribution in [-0.2, 0) is 9.47 Å². The van der Waals surface area contributed by atoms with Gasteiger partial charge in [0.1, 0.15) is 0 Å². The quantitative estimate of drug-likeness (QED) is 0.827. The zero-order chi connectivity index (χ0) is 16.6. The molecule has 0 unspecified atom stereocenters. The summed E-state index contributed by atoms with van der Waals surface area (Å²) >= 11 is 1.96. The van der Waals surface area contributed by atoms with Crippen molar-refractivity contribution in [2.24, 2.45) is 5.92 Å². The van der Waals surface area contributed by atoms with E-state index in [1.165, 1.54) is 0 Å². The van der Waals surface area contributed by atoms with Gasteiger partial charge in [-0.15, -0.1) is 11.8 Å². The molecular formula is C17H24N2O4S. The van der Waals surface area contributed by atoms with E-state index in [1.807, 2.05) is 23.6 Å². The van der Waals surface area contributed by atoms with Gasteiger partial charge in [0.05, 0.1) is 16.5 Å². The van der Waals surface area contributed by atoms with Crippen molar-refractivity contribution < 1.29 is 18.8 Å². The standard InChI is InChI=1S/C17H24N2O4S/c1-12-6-15(23-18-12)16(20)19-10-17(11-19)7-14(9-24-17)22-8-13-2-4-21-5-3-13/h6,13-14H,2-5,7-11H2,1H3/t14-/m1/s1. The lowest BCUT2D eigenvalue weighted by Gasteiger charge is -2.47. The van der Waals surface area contributed by atoms with Gasteiger partial charge in [-0.2, -0.15) is 0 Å². The predicted octanol–water partition coefficient (Wildman–Crippen LogP) is 2.13. The van der Waals surface area contributed by atoms with E-state index in [0.29, 0.717) is 17.8 Å². The first-order chi connectivity index (χ1) is 11.6. The molecule has 3 fully saturated rings. The molecule has 3 aliphatic rings. The fourth-order valence-electron chi connectivity index (χ4n) is 3.73. The minimum Gasteiger partial charge on any atom is -0.381 e. The maximum atomic E-state index is 12.3. The first-order valence-electron chi connectivity index (χ1n) is 8.69. The lowest BCUT2D eigenvalue weighted by molar-refractivity contribution is -0.0121. The van der Waals surface area contributed by atoms with Crippen LogP contribution in [0.15, 0.2) is 10.6 Å². The van der Waals surface area contributed by atoms with Crippen LogP contribution < -0.4 is 0 Å². The van der Waals surface area contributed by atoms with Crippen molar-refractivity contribution in [1.29, 1.82) is 0 Å². The smallest absolute Gasteiger partial charge is 0.292 e. The van der Waals surface area contributed by atoms with Gasteiger partial charge in [-0.1, -0.05) is 5.16 Å². The zero-order valence-electron chi connectivity index (χ0n) is 14.0. The summed E-state index contributed by atoms with van der Waals surface area (Å²) in [7, 11) is 0. The first kappa shape index (κ1) is 16.4. The lowest BCUT2D eigenvalue weighted by atomic mass is 9.92. The number of thioether (sulfide) groups is 1. The van der Waals surface area contributed by atoms with Crippen LogP contribution in [0, 0.1) is 12.8 Å². The fraction of sp³-hybridized carbons (Fsp3) is 0.765. The summed E-state index contributed by atoms with van der Waals surface area (Å²) < 4.78 is 16.8. The van der Waals surface area contributed by atoms with Crippen molar-refractivity contribution in [1.82, 2.24) is 10.1 Å². The summed E-state index contributed by atoms with van der Waals surface area (Å²) in [5.74, 6) is 1.98. The highest BCUT2D eigenvalue weighted by Crippen LogP contribution is 2.46. The summed E-state index contributed by atoms with van der Waals surface area (Å²) in [6.07, 6.45) is 3.59. The summed E-state index contributed by atoms with van der Waals surface area (Å²) in [6.45, 7) is 5.99. The first-order valence-corrected chi connectivity index (χ1v) is 9.68. The van der Waals surface area contributed by atoms with Crippen LogP contribution in [0.3, 0.4) is 0 Å². The number of amides is 1. The van der Waals surface area contributed by atoms with Gasteiger partial charge < -0.3 is 18.9 Å². The fourth-order valence-corrected chi connectivity index (χ4v) is 5.28. The molecule has 3 saturated heterocycles. The Labute approximate surface area is 146 Å². The normalized spacial score (nSPS) is 26.7. The number of aromatic nitrogens is 1. The van der Waals surface area contributed by atoms with Crippen LogP contribution >= 0.6 is 11.8 Å². The van der Waals surface area contributed by atoms with Crippen molar-refractivity contribution in [3.05, 3.63) is 17.5 Å². The molecule has 0 saturated carbocycles. The molecule has 0 aliphatic carbocycles. The summed E-state index contributed by atoms with van der Waals surface area (Å²) in [5, 5.41) is 3.79. The van der Waals surface area contributed by atoms with Gasteiger partial charge in [-0.3, -0.25) is 4.79 Å². The van der Waals surface area contributed by atoms with Crippen LogP contribution in [-0.4, -0.2) is 65.5 Å². The topological polar surface area (TPSA) is 64.8 Å². The van der Waals surface area contributed by atoms with E-state index in [2.05, 4.69) is 5.16 Å². The van der Waals surface area contributed by atoms with E-state index in [4.69, 9.17) is 14.0 Å². The minimum atomic E-state index is -0.0478. The van der Waals surface area contributed by atoms with Crippen LogP contribution in [0.2, 0.25) is 0 Å². The number of hydrogen-bond donors (Lipinski definition) is 0. The Morgan fingerprint density at radius 1 is 1.46 bits per heavy atom. The molecular weight excluding hydrogens is 328 g/mol. The van der Waals surface area contributed by atoms with Gasteiger partial charge in [0.15, 0.2) is 0 Å². The van der Waals surface area contributed by atoms with E-state index in [0.717, 1.165) is 63.6 Å². The molecule has 1 aromatic heterocycles. The van der Waals surface area contributed by atoms with Crippen LogP contribution in [0.25, 0.3) is 0 Å². The van der Waals surface area contributed by atoms with Crippen LogP contribution in [0.5, 0.6) is 0 Å². The minimum absolute atomic E-state index is 0.0478. The molecule has 0 aromatic carbocycles. The van der Waals surface area contributed by atoms with E-state index in [-0.39, 0.29) is 10.7 Å². The molecule has 1 amide bonds. The van der Waals surface area contributed by atoms with Crippen LogP contribution in [0.1, 0.15) is 35.5 Å². The molecule has 3 aliphatic heterocycles. The number of ether oxygens (including phenoxy) is 2. The van der Waals surface area contributed by atoms with Crippen molar-refractivity contribution in [3.63, 3.8) is 0 Å². The van der Waals surface area contributed by atoms with Gasteiger partial charge in [0, 0.05) is 44.7 Å². The average molecular weight is 352 g/mol. The van der Waals surface area contributed by atoms with Gasteiger partial charge in [0.2, 0.25) is 5.76 Å². The molecule has 1 aromatic rings. The molecule has 7 heteroatoms. The third kappa shape index (κ3) is 3.34. The number of hydrogen-bond acceptors (Lipinski definition) is 6. The SMILES string of the molecule is Cc1cc(C(=O)N2CC3(C[C@@H](OCC4CCOCC4)CS3)C2)on1. The molecule has 0 radical (unpaired) electrons. The van der Waals surface area contributed by atoms with Gasteiger partial charge in [0.25, 0.3) is 5.91 Å². The highest BCUT2D eigenvalue weighted by atomic mass is 32.2. The Bertz CT molecular complexity index is 593. The number of rotatable bonds is 4. The number of nitrogens with zero attached hydrogens (tertiary/aromatic N) is 2. The zero-order valence-corrected chi connectivity index (χ0v) is 14.8. The third-order valence-electron chi connectivity index (χ3n) is 5.17. The molecule has 132 valence electrons. The molecule has 6 nitrogen and oxygen atoms in total. The van der Waals surface area contributed by atoms with Gasteiger partial charge >= 0.3 is 0 Å². The van der Waals surface area contributed by atoms with Gasteiger partial charge in [-0.05, 0) is 32.1 Å². The lowest BCUT2D eigenvalue weighted by Crippen LogP contribution is -2.60. The van der Waals surface area contributed by atoms with Crippen molar-refractivity contribution >= 4 is 17.7 Å². The molecule has 4 heterocycles. The molecule has 4 rings (SSSR count). The number of aryl methyl sites for hydroxylation is 1. The van der Waals surface area contributed by atoms with E-state index in [1.54, 1.807) is 6.07 Å². The molecule has 1 atom stereocenters. The molecule has 24 heavy (non-hydrogen) atoms. The second-order valence-electron chi connectivity index (χ2n) is 7.20. The highest BCUT2D eigenvalue weighted by molar-refractivity contribution is 8.01. The van der Waals surface area contributed by atoms with Crippen molar-refractivity contribution in [2.75, 3.05) is 38.7 Å². The van der Waals surface area contributed by atoms with Gasteiger partial charge in [-0.25, -0.2) is 0 Å². The Morgan fingerprint density at radius 3 is 2.96 bits per heavy atom. The largest absolute Gasteiger partial charge is 0.381 e. The second-order valence-corrected chi connectivity index (χ2v) is 8.69. The van der Waals surface area contributed by atoms with E-state index in [9.17, 15) is 4.79 Å². The number of likely N-dealkylation sites (tertiary alicyclic amines) is 1. The van der Waals surface area contributed by atoms with E-state index >= 15 is 0 Å². The number of carbonyl (C=O) groups excluding carboxylic acids is 1. The Balaban J connectivity index is 1.23. The summed E-state index contributed by atoms with van der Waals surface area (Å²) in [4.78, 5) is 14.2.